The number of anilines is 2. The highest BCUT2D eigenvalue weighted by molar-refractivity contribution is 9.10. The molecule has 1 atom stereocenters. The third kappa shape index (κ3) is 8.83. The summed E-state index contributed by atoms with van der Waals surface area (Å²) < 4.78 is 12.0. The Balaban J connectivity index is 1.20. The van der Waals surface area contributed by atoms with Crippen molar-refractivity contribution in [1.82, 2.24) is 10.5 Å². The Morgan fingerprint density at radius 2 is 1.51 bits per heavy atom. The van der Waals surface area contributed by atoms with Gasteiger partial charge >= 0.3 is 0 Å². The van der Waals surface area contributed by atoms with E-state index in [1.165, 1.54) is 17.8 Å². The van der Waals surface area contributed by atoms with E-state index in [4.69, 9.17) is 8.94 Å². The minimum atomic E-state index is -0.586. The SMILES string of the molecule is Cc1cc(NC(=O)C(Sc2ccc(NC(=O)C(=Cc3ccc(-c4ccc(Br)cc4)o3)NC(=O)c3ccccc3)cc2)c2ccccc2)no1. The molecule has 9 nitrogen and oxygen atoms in total. The molecule has 0 saturated heterocycles. The maximum Gasteiger partial charge on any atom is 0.272 e. The molecule has 1 unspecified atom stereocenters. The summed E-state index contributed by atoms with van der Waals surface area (Å²) in [7, 11) is 0. The summed E-state index contributed by atoms with van der Waals surface area (Å²) in [6, 6.07) is 38.0. The van der Waals surface area contributed by atoms with Crippen LogP contribution in [0.2, 0.25) is 0 Å². The van der Waals surface area contributed by atoms with Crippen molar-refractivity contribution in [1.29, 1.82) is 0 Å². The van der Waals surface area contributed by atoms with Gasteiger partial charge < -0.3 is 24.9 Å². The molecule has 49 heavy (non-hydrogen) atoms. The van der Waals surface area contributed by atoms with Crippen LogP contribution in [-0.2, 0) is 9.59 Å². The van der Waals surface area contributed by atoms with Crippen LogP contribution in [0.4, 0.5) is 11.5 Å². The van der Waals surface area contributed by atoms with Crippen LogP contribution in [0, 0.1) is 6.92 Å². The predicted octanol–water partition coefficient (Wildman–Crippen LogP) is 8.89. The fourth-order valence-electron chi connectivity index (χ4n) is 4.75. The number of halogens is 1. The van der Waals surface area contributed by atoms with Crippen LogP contribution in [0.1, 0.15) is 32.7 Å². The molecule has 0 spiro atoms. The first kappa shape index (κ1) is 33.3. The molecule has 11 heteroatoms. The number of furan rings is 1. The molecule has 6 rings (SSSR count). The lowest BCUT2D eigenvalue weighted by molar-refractivity contribution is -0.116. The molecule has 3 N–H and O–H groups in total. The van der Waals surface area contributed by atoms with Gasteiger partial charge in [0.25, 0.3) is 11.8 Å². The largest absolute Gasteiger partial charge is 0.457 e. The number of aromatic nitrogens is 1. The molecular formula is C38H29BrN4O5S. The van der Waals surface area contributed by atoms with Gasteiger partial charge in [-0.15, -0.1) is 11.8 Å². The third-order valence-electron chi connectivity index (χ3n) is 7.16. The van der Waals surface area contributed by atoms with Crippen molar-refractivity contribution < 1.29 is 23.3 Å². The van der Waals surface area contributed by atoms with Gasteiger partial charge in [-0.25, -0.2) is 0 Å². The van der Waals surface area contributed by atoms with Crippen LogP contribution in [-0.4, -0.2) is 22.9 Å². The van der Waals surface area contributed by atoms with E-state index >= 15 is 0 Å². The van der Waals surface area contributed by atoms with Gasteiger partial charge in [0.15, 0.2) is 5.82 Å². The molecular weight excluding hydrogens is 704 g/mol. The number of benzene rings is 4. The minimum absolute atomic E-state index is 0.00656. The summed E-state index contributed by atoms with van der Waals surface area (Å²) in [5, 5.41) is 11.7. The second-order valence-corrected chi connectivity index (χ2v) is 12.9. The lowest BCUT2D eigenvalue weighted by Gasteiger charge is -2.16. The topological polar surface area (TPSA) is 126 Å². The van der Waals surface area contributed by atoms with Gasteiger partial charge in [0.05, 0.1) is 0 Å². The average Bonchev–Trinajstić information content (AvgIpc) is 3.77. The van der Waals surface area contributed by atoms with Gasteiger partial charge in [-0.2, -0.15) is 0 Å². The van der Waals surface area contributed by atoms with Crippen LogP contribution in [0.15, 0.2) is 151 Å². The Hall–Kier alpha value is -5.65. The van der Waals surface area contributed by atoms with E-state index in [0.29, 0.717) is 34.3 Å². The molecule has 0 radical (unpaired) electrons. The van der Waals surface area contributed by atoms with Crippen molar-refractivity contribution in [2.45, 2.75) is 17.1 Å². The summed E-state index contributed by atoms with van der Waals surface area (Å²) in [5.74, 6) is 0.671. The highest BCUT2D eigenvalue weighted by atomic mass is 79.9. The first-order chi connectivity index (χ1) is 23.8. The van der Waals surface area contributed by atoms with Crippen molar-refractivity contribution in [3.05, 3.63) is 160 Å². The maximum atomic E-state index is 13.6. The molecule has 6 aromatic rings. The quantitative estimate of drug-likeness (QED) is 0.0897. The predicted molar refractivity (Wildman–Crippen MR) is 194 cm³/mol. The van der Waals surface area contributed by atoms with Gasteiger partial charge in [-0.1, -0.05) is 81.8 Å². The van der Waals surface area contributed by atoms with Gasteiger partial charge in [0, 0.05) is 38.3 Å². The summed E-state index contributed by atoms with van der Waals surface area (Å²) in [6.07, 6.45) is 1.49. The monoisotopic (exact) mass is 732 g/mol. The fraction of sp³-hybridized carbons (Fsp3) is 0.0526. The third-order valence-corrected chi connectivity index (χ3v) is 8.95. The molecule has 0 aliphatic heterocycles. The normalized spacial score (nSPS) is 11.8. The zero-order chi connectivity index (χ0) is 34.2. The number of carbonyl (C=O) groups excluding carboxylic acids is 3. The summed E-state index contributed by atoms with van der Waals surface area (Å²) in [6.45, 7) is 1.75. The maximum absolute atomic E-state index is 13.6. The highest BCUT2D eigenvalue weighted by Crippen LogP contribution is 2.37. The molecule has 2 aromatic heterocycles. The van der Waals surface area contributed by atoms with Crippen molar-refractivity contribution in [2.75, 3.05) is 10.6 Å². The first-order valence-corrected chi connectivity index (χ1v) is 16.8. The van der Waals surface area contributed by atoms with E-state index in [1.807, 2.05) is 66.7 Å². The van der Waals surface area contributed by atoms with E-state index in [9.17, 15) is 14.4 Å². The lowest BCUT2D eigenvalue weighted by atomic mass is 10.1. The van der Waals surface area contributed by atoms with E-state index in [-0.39, 0.29) is 11.6 Å². The number of amides is 3. The van der Waals surface area contributed by atoms with Crippen LogP contribution < -0.4 is 16.0 Å². The molecule has 0 aliphatic carbocycles. The van der Waals surface area contributed by atoms with Crippen molar-refractivity contribution in [2.24, 2.45) is 0 Å². The molecule has 0 aliphatic rings. The molecule has 244 valence electrons. The molecule has 0 saturated carbocycles. The van der Waals surface area contributed by atoms with Crippen molar-refractivity contribution >= 4 is 63.0 Å². The minimum Gasteiger partial charge on any atom is -0.457 e. The van der Waals surface area contributed by atoms with E-state index in [1.54, 1.807) is 67.6 Å². The Morgan fingerprint density at radius 1 is 0.816 bits per heavy atom. The lowest BCUT2D eigenvalue weighted by Crippen LogP contribution is -2.30. The summed E-state index contributed by atoms with van der Waals surface area (Å²) in [5.41, 5.74) is 2.55. The van der Waals surface area contributed by atoms with E-state index in [0.717, 1.165) is 20.5 Å². The van der Waals surface area contributed by atoms with Crippen LogP contribution in [0.3, 0.4) is 0 Å². The molecule has 4 aromatic carbocycles. The van der Waals surface area contributed by atoms with Crippen LogP contribution in [0.25, 0.3) is 17.4 Å². The highest BCUT2D eigenvalue weighted by Gasteiger charge is 2.23. The molecule has 2 heterocycles. The van der Waals surface area contributed by atoms with Gasteiger partial charge in [-0.3, -0.25) is 14.4 Å². The standard InChI is InChI=1S/C38H29BrN4O5S/c1-24-22-34(43-48-24)42-38(46)35(26-8-4-2-5-9-26)49-31-19-16-29(17-20-31)40-37(45)32(41-36(44)27-10-6-3-7-11-27)23-30-18-21-33(47-30)25-12-14-28(39)15-13-25/h2-23,35H,1H3,(H,40,45)(H,41,44)(H,42,43,46). The fourth-order valence-corrected chi connectivity index (χ4v) is 6.04. The summed E-state index contributed by atoms with van der Waals surface area (Å²) >= 11 is 4.79. The Labute approximate surface area is 294 Å². The number of aryl methyl sites for hydroxylation is 1. The smallest absolute Gasteiger partial charge is 0.272 e. The number of hydrogen-bond donors (Lipinski definition) is 3. The molecule has 3 amide bonds. The second kappa shape index (κ2) is 15.5. The second-order valence-electron chi connectivity index (χ2n) is 10.8. The zero-order valence-corrected chi connectivity index (χ0v) is 28.5. The average molecular weight is 734 g/mol. The molecule has 0 fully saturated rings. The van der Waals surface area contributed by atoms with Crippen molar-refractivity contribution in [3.8, 4) is 11.3 Å². The van der Waals surface area contributed by atoms with E-state index in [2.05, 4.69) is 37.0 Å². The Bertz CT molecular complexity index is 2090. The zero-order valence-electron chi connectivity index (χ0n) is 26.1. The number of hydrogen-bond acceptors (Lipinski definition) is 7. The van der Waals surface area contributed by atoms with Crippen LogP contribution in [0.5, 0.6) is 0 Å². The first-order valence-electron chi connectivity index (χ1n) is 15.1. The van der Waals surface area contributed by atoms with Gasteiger partial charge in [-0.05, 0) is 73.2 Å². The Morgan fingerprint density at radius 3 is 2.18 bits per heavy atom. The molecule has 0 bridgehead atoms. The number of carbonyl (C=O) groups is 3. The van der Waals surface area contributed by atoms with Crippen LogP contribution >= 0.6 is 27.7 Å². The Kier molecular flexibility index (Phi) is 10.5. The van der Waals surface area contributed by atoms with Crippen molar-refractivity contribution in [3.63, 3.8) is 0 Å². The number of nitrogens with one attached hydrogen (secondary N) is 3. The number of rotatable bonds is 11. The number of nitrogens with zero attached hydrogens (tertiary/aromatic N) is 1. The summed E-state index contributed by atoms with van der Waals surface area (Å²) in [4.78, 5) is 40.8. The van der Waals surface area contributed by atoms with Gasteiger partial charge in [0.1, 0.15) is 28.2 Å². The van der Waals surface area contributed by atoms with E-state index < -0.39 is 17.1 Å². The number of thioether (sulfide) groups is 1. The van der Waals surface area contributed by atoms with Gasteiger partial charge in [0.2, 0.25) is 5.91 Å².